The second-order valence-corrected chi connectivity index (χ2v) is 5.07. The van der Waals surface area contributed by atoms with E-state index in [0.717, 1.165) is 16.7 Å². The maximum absolute atomic E-state index is 11.7. The molecule has 0 spiro atoms. The molecule has 1 atom stereocenters. The summed E-state index contributed by atoms with van der Waals surface area (Å²) in [5.41, 5.74) is 1.03. The number of furan rings is 1. The van der Waals surface area contributed by atoms with Gasteiger partial charge in [0.15, 0.2) is 0 Å². The van der Waals surface area contributed by atoms with Crippen molar-refractivity contribution in [3.8, 4) is 5.75 Å². The van der Waals surface area contributed by atoms with Gasteiger partial charge in [0.2, 0.25) is 0 Å². The molecule has 0 fully saturated rings. The summed E-state index contributed by atoms with van der Waals surface area (Å²) in [6, 6.07) is 10.8. The third-order valence-corrected chi connectivity index (χ3v) is 3.61. The Bertz CT molecular complexity index is 820. The molecule has 0 aliphatic heterocycles. The van der Waals surface area contributed by atoms with Crippen LogP contribution in [0.25, 0.3) is 11.0 Å². The largest absolute Gasteiger partial charge is 0.497 e. The summed E-state index contributed by atoms with van der Waals surface area (Å²) < 4.78 is 15.8. The van der Waals surface area contributed by atoms with Crippen LogP contribution in [0.2, 0.25) is 0 Å². The Hall–Kier alpha value is -2.53. The van der Waals surface area contributed by atoms with E-state index < -0.39 is 0 Å². The Morgan fingerprint density at radius 2 is 2.14 bits per heavy atom. The lowest BCUT2D eigenvalue weighted by atomic mass is 10.1. The SMILES string of the molecule is COc1ccc2c(CN[C@H](C)c3ccco3)cc(=O)oc2c1. The van der Waals surface area contributed by atoms with E-state index in [-0.39, 0.29) is 11.7 Å². The maximum Gasteiger partial charge on any atom is 0.336 e. The Balaban J connectivity index is 1.88. The molecular formula is C17H17NO4. The molecule has 1 aromatic carbocycles. The molecule has 0 saturated carbocycles. The predicted molar refractivity (Wildman–Crippen MR) is 83.0 cm³/mol. The van der Waals surface area contributed by atoms with Crippen LogP contribution in [-0.4, -0.2) is 7.11 Å². The molecule has 0 saturated heterocycles. The summed E-state index contributed by atoms with van der Waals surface area (Å²) in [7, 11) is 1.58. The summed E-state index contributed by atoms with van der Waals surface area (Å²) in [5.74, 6) is 1.51. The molecule has 5 nitrogen and oxygen atoms in total. The first-order valence-electron chi connectivity index (χ1n) is 7.05. The summed E-state index contributed by atoms with van der Waals surface area (Å²) >= 11 is 0. The van der Waals surface area contributed by atoms with E-state index in [9.17, 15) is 4.79 Å². The van der Waals surface area contributed by atoms with Gasteiger partial charge in [-0.3, -0.25) is 0 Å². The minimum Gasteiger partial charge on any atom is -0.497 e. The van der Waals surface area contributed by atoms with E-state index in [1.807, 2.05) is 31.2 Å². The highest BCUT2D eigenvalue weighted by Gasteiger charge is 2.11. The van der Waals surface area contributed by atoms with Crippen molar-refractivity contribution in [2.24, 2.45) is 0 Å². The highest BCUT2D eigenvalue weighted by molar-refractivity contribution is 5.81. The number of nitrogens with one attached hydrogen (secondary N) is 1. The van der Waals surface area contributed by atoms with Crippen molar-refractivity contribution < 1.29 is 13.6 Å². The van der Waals surface area contributed by atoms with Crippen LogP contribution in [0.3, 0.4) is 0 Å². The zero-order chi connectivity index (χ0) is 15.5. The number of fused-ring (bicyclic) bond motifs is 1. The van der Waals surface area contributed by atoms with Crippen molar-refractivity contribution in [3.63, 3.8) is 0 Å². The first kappa shape index (κ1) is 14.4. The molecule has 3 aromatic rings. The van der Waals surface area contributed by atoms with Crippen LogP contribution < -0.4 is 15.7 Å². The fourth-order valence-corrected chi connectivity index (χ4v) is 2.38. The lowest BCUT2D eigenvalue weighted by molar-refractivity contribution is 0.414. The minimum absolute atomic E-state index is 0.0514. The van der Waals surface area contributed by atoms with Crippen molar-refractivity contribution in [2.75, 3.05) is 7.11 Å². The zero-order valence-corrected chi connectivity index (χ0v) is 12.5. The van der Waals surface area contributed by atoms with Gasteiger partial charge in [-0.15, -0.1) is 0 Å². The van der Waals surface area contributed by atoms with E-state index in [0.29, 0.717) is 17.9 Å². The van der Waals surface area contributed by atoms with E-state index in [4.69, 9.17) is 13.6 Å². The minimum atomic E-state index is -0.372. The molecule has 3 rings (SSSR count). The van der Waals surface area contributed by atoms with Gasteiger partial charge in [-0.25, -0.2) is 4.79 Å². The summed E-state index contributed by atoms with van der Waals surface area (Å²) in [4.78, 5) is 11.7. The number of hydrogen-bond donors (Lipinski definition) is 1. The molecular weight excluding hydrogens is 282 g/mol. The second-order valence-electron chi connectivity index (χ2n) is 5.07. The topological polar surface area (TPSA) is 64.6 Å². The molecule has 0 amide bonds. The van der Waals surface area contributed by atoms with Crippen LogP contribution in [0.4, 0.5) is 0 Å². The molecule has 0 bridgehead atoms. The normalized spacial score (nSPS) is 12.5. The molecule has 0 aliphatic carbocycles. The predicted octanol–water partition coefficient (Wildman–Crippen LogP) is 3.25. The van der Waals surface area contributed by atoms with Gasteiger partial charge in [0.1, 0.15) is 17.1 Å². The highest BCUT2D eigenvalue weighted by atomic mass is 16.5. The lowest BCUT2D eigenvalue weighted by Gasteiger charge is -2.12. The van der Waals surface area contributed by atoms with Gasteiger partial charge < -0.3 is 18.9 Å². The number of hydrogen-bond acceptors (Lipinski definition) is 5. The van der Waals surface area contributed by atoms with E-state index in [2.05, 4.69) is 5.32 Å². The molecule has 114 valence electrons. The standard InChI is InChI=1S/C17H17NO4/c1-11(15-4-3-7-21-15)18-10-12-8-17(19)22-16-9-13(20-2)5-6-14(12)16/h3-9,11,18H,10H2,1-2H3/t11-/m1/s1. The lowest BCUT2D eigenvalue weighted by Crippen LogP contribution is -2.18. The first-order chi connectivity index (χ1) is 10.7. The summed E-state index contributed by atoms with van der Waals surface area (Å²) in [5, 5.41) is 4.23. The summed E-state index contributed by atoms with van der Waals surface area (Å²) in [6.07, 6.45) is 1.65. The van der Waals surface area contributed by atoms with Crippen molar-refractivity contribution in [1.29, 1.82) is 0 Å². The zero-order valence-electron chi connectivity index (χ0n) is 12.5. The molecule has 0 aliphatic rings. The van der Waals surface area contributed by atoms with E-state index in [1.54, 1.807) is 19.4 Å². The molecule has 2 heterocycles. The molecule has 0 unspecified atom stereocenters. The molecule has 5 heteroatoms. The number of rotatable bonds is 5. The van der Waals surface area contributed by atoms with Crippen molar-refractivity contribution >= 4 is 11.0 Å². The van der Waals surface area contributed by atoms with Gasteiger partial charge in [-0.05, 0) is 36.8 Å². The van der Waals surface area contributed by atoms with Crippen molar-refractivity contribution in [3.05, 3.63) is 64.4 Å². The smallest absolute Gasteiger partial charge is 0.336 e. The quantitative estimate of drug-likeness (QED) is 0.733. The van der Waals surface area contributed by atoms with E-state index >= 15 is 0 Å². The number of methoxy groups -OCH3 is 1. The molecule has 2 aromatic heterocycles. The van der Waals surface area contributed by atoms with Crippen LogP contribution in [-0.2, 0) is 6.54 Å². The van der Waals surface area contributed by atoms with Crippen LogP contribution in [0, 0.1) is 0 Å². The van der Waals surface area contributed by atoms with Gasteiger partial charge >= 0.3 is 5.63 Å². The van der Waals surface area contributed by atoms with Gasteiger partial charge in [0, 0.05) is 24.1 Å². The Labute approximate surface area is 127 Å². The third-order valence-electron chi connectivity index (χ3n) is 3.61. The van der Waals surface area contributed by atoms with Gasteiger partial charge in [0.25, 0.3) is 0 Å². The van der Waals surface area contributed by atoms with Gasteiger partial charge in [-0.1, -0.05) is 0 Å². The molecule has 1 N–H and O–H groups in total. The highest BCUT2D eigenvalue weighted by Crippen LogP contribution is 2.23. The van der Waals surface area contributed by atoms with Crippen LogP contribution >= 0.6 is 0 Å². The number of benzene rings is 1. The average Bonchev–Trinajstić information content (AvgIpc) is 3.05. The molecule has 22 heavy (non-hydrogen) atoms. The Morgan fingerprint density at radius 1 is 1.27 bits per heavy atom. The first-order valence-corrected chi connectivity index (χ1v) is 7.05. The second kappa shape index (κ2) is 6.07. The monoisotopic (exact) mass is 299 g/mol. The Kier molecular flexibility index (Phi) is 3.98. The molecule has 0 radical (unpaired) electrons. The van der Waals surface area contributed by atoms with Crippen LogP contribution in [0.15, 0.2) is 56.3 Å². The number of ether oxygens (including phenoxy) is 1. The van der Waals surface area contributed by atoms with Crippen molar-refractivity contribution in [2.45, 2.75) is 19.5 Å². The van der Waals surface area contributed by atoms with Crippen LogP contribution in [0.1, 0.15) is 24.3 Å². The maximum atomic E-state index is 11.7. The van der Waals surface area contributed by atoms with Gasteiger partial charge in [0.05, 0.1) is 19.4 Å². The average molecular weight is 299 g/mol. The van der Waals surface area contributed by atoms with E-state index in [1.165, 1.54) is 6.07 Å². The fraction of sp³-hybridized carbons (Fsp3) is 0.235. The third kappa shape index (κ3) is 2.89. The summed E-state index contributed by atoms with van der Waals surface area (Å²) in [6.45, 7) is 2.55. The van der Waals surface area contributed by atoms with Crippen molar-refractivity contribution in [1.82, 2.24) is 5.32 Å². The van der Waals surface area contributed by atoms with Crippen LogP contribution in [0.5, 0.6) is 5.75 Å². The fourth-order valence-electron chi connectivity index (χ4n) is 2.38. The van der Waals surface area contributed by atoms with Gasteiger partial charge in [-0.2, -0.15) is 0 Å². The Morgan fingerprint density at radius 3 is 2.86 bits per heavy atom.